The number of carbonyl (C=O) groups is 1. The van der Waals surface area contributed by atoms with E-state index >= 15 is 0 Å². The summed E-state index contributed by atoms with van der Waals surface area (Å²) in [6.07, 6.45) is 2.38. The lowest BCUT2D eigenvalue weighted by Gasteiger charge is -2.27. The number of nitrogens with one attached hydrogen (secondary N) is 2. The average molecular weight is 610 g/mol. The van der Waals surface area contributed by atoms with Crippen LogP contribution in [-0.2, 0) is 26.0 Å². The maximum atomic E-state index is 13.6. The Balaban J connectivity index is 0.00000220. The molecule has 12 heteroatoms. The van der Waals surface area contributed by atoms with E-state index in [0.29, 0.717) is 23.4 Å². The Bertz CT molecular complexity index is 1500. The number of nitrogen functional groups attached to an aromatic ring is 1. The summed E-state index contributed by atoms with van der Waals surface area (Å²) in [6.45, 7) is 3.57. The lowest BCUT2D eigenvalue weighted by molar-refractivity contribution is -0.139. The van der Waals surface area contributed by atoms with Crippen molar-refractivity contribution in [2.45, 2.75) is 38.3 Å². The molecule has 3 aromatic carbocycles. The molecule has 216 valence electrons. The molecular weight excluding hydrogens is 575 g/mol. The van der Waals surface area contributed by atoms with Gasteiger partial charge in [-0.15, -0.1) is 24.8 Å². The number of hydrogen-bond donors (Lipinski definition) is 3. The lowest BCUT2D eigenvalue weighted by atomic mass is 9.98. The van der Waals surface area contributed by atoms with Gasteiger partial charge in [-0.1, -0.05) is 24.3 Å². The Morgan fingerprint density at radius 3 is 2.48 bits per heavy atom. The van der Waals surface area contributed by atoms with Crippen molar-refractivity contribution < 1.29 is 22.7 Å². The Kier molecular flexibility index (Phi) is 10.3. The van der Waals surface area contributed by atoms with Crippen molar-refractivity contribution in [3.8, 4) is 5.75 Å². The first kappa shape index (κ1) is 31.5. The number of hydrogen-bond acceptors (Lipinski definition) is 7. The molecule has 5 rings (SSSR count). The summed E-state index contributed by atoms with van der Waals surface area (Å²) in [5.74, 6) is -0.851. The summed E-state index contributed by atoms with van der Waals surface area (Å²) in [5, 5.41) is 12.9. The minimum atomic E-state index is -4.05. The fourth-order valence-electron chi connectivity index (χ4n) is 5.24. The molecule has 0 aliphatic carbocycles. The largest absolute Gasteiger partial charge is 0.490 e. The van der Waals surface area contributed by atoms with Crippen LogP contribution in [0.4, 0.5) is 5.69 Å². The summed E-state index contributed by atoms with van der Waals surface area (Å²) in [7, 11) is -4.05. The highest BCUT2D eigenvalue weighted by atomic mass is 35.5. The van der Waals surface area contributed by atoms with Crippen LogP contribution in [0.2, 0.25) is 0 Å². The first-order chi connectivity index (χ1) is 18.2. The van der Waals surface area contributed by atoms with Crippen molar-refractivity contribution >= 4 is 63.1 Å². The number of sulfonamides is 1. The third kappa shape index (κ3) is 6.63. The van der Waals surface area contributed by atoms with Crippen LogP contribution in [0.1, 0.15) is 42.5 Å². The standard InChI is InChI=1S/C28H32N4O5S.2ClH/c1-2-36-27(33)17-38(34,35)32-25-8-7-24(37-23-9-11-31-12-10-23)15-22(25)16-26(32)19-5-3-18-4-6-20(28(29)30)14-21(18)13-19;;/h3-8,13-15,23,26,31H,2,9-12,16-17H2,1H3,(H3,29,30);2*1H. The summed E-state index contributed by atoms with van der Waals surface area (Å²) >= 11 is 0. The number of esters is 1. The van der Waals surface area contributed by atoms with Gasteiger partial charge in [-0.3, -0.25) is 14.5 Å². The molecule has 0 amide bonds. The van der Waals surface area contributed by atoms with E-state index in [4.69, 9.17) is 20.6 Å². The molecule has 1 atom stereocenters. The van der Waals surface area contributed by atoms with Crippen LogP contribution in [0, 0.1) is 5.41 Å². The number of fused-ring (bicyclic) bond motifs is 2. The Morgan fingerprint density at radius 1 is 1.05 bits per heavy atom. The first-order valence-electron chi connectivity index (χ1n) is 12.8. The highest BCUT2D eigenvalue weighted by Crippen LogP contribution is 2.44. The van der Waals surface area contributed by atoms with E-state index < -0.39 is 27.8 Å². The minimum Gasteiger partial charge on any atom is -0.490 e. The van der Waals surface area contributed by atoms with Crippen molar-refractivity contribution in [3.05, 3.63) is 71.3 Å². The third-order valence-electron chi connectivity index (χ3n) is 7.04. The van der Waals surface area contributed by atoms with Crippen LogP contribution in [0.3, 0.4) is 0 Å². The van der Waals surface area contributed by atoms with Gasteiger partial charge in [0.05, 0.1) is 18.3 Å². The van der Waals surface area contributed by atoms with E-state index in [1.807, 2.05) is 36.4 Å². The maximum Gasteiger partial charge on any atom is 0.323 e. The molecule has 0 radical (unpaired) electrons. The molecule has 1 saturated heterocycles. The molecule has 0 aromatic heterocycles. The summed E-state index contributed by atoms with van der Waals surface area (Å²) in [6, 6.07) is 16.2. The number of piperidine rings is 1. The first-order valence-corrected chi connectivity index (χ1v) is 14.4. The molecule has 9 nitrogen and oxygen atoms in total. The quantitative estimate of drug-likeness (QED) is 0.199. The van der Waals surface area contributed by atoms with Gasteiger partial charge in [0.2, 0.25) is 10.0 Å². The van der Waals surface area contributed by atoms with Gasteiger partial charge in [0, 0.05) is 12.0 Å². The van der Waals surface area contributed by atoms with Crippen LogP contribution < -0.4 is 20.1 Å². The summed E-state index contributed by atoms with van der Waals surface area (Å²) < 4.78 is 39.8. The normalized spacial score (nSPS) is 16.9. The van der Waals surface area contributed by atoms with Gasteiger partial charge >= 0.3 is 5.97 Å². The number of ether oxygens (including phenoxy) is 2. The molecule has 0 spiro atoms. The van der Waals surface area contributed by atoms with Crippen LogP contribution in [-0.4, -0.2) is 51.8 Å². The van der Waals surface area contributed by atoms with Crippen LogP contribution in [0.25, 0.3) is 10.8 Å². The molecule has 3 aromatic rings. The number of anilines is 1. The van der Waals surface area contributed by atoms with E-state index in [2.05, 4.69) is 5.32 Å². The Labute approximate surface area is 246 Å². The SMILES string of the molecule is CCOC(=O)CS(=O)(=O)N1c2ccc(OC3CCNCC3)cc2CC1c1ccc2ccc(C(=N)N)cc2c1.Cl.Cl. The third-order valence-corrected chi connectivity index (χ3v) is 8.69. The summed E-state index contributed by atoms with van der Waals surface area (Å²) in [4.78, 5) is 12.2. The smallest absolute Gasteiger partial charge is 0.323 e. The second kappa shape index (κ2) is 13.1. The van der Waals surface area contributed by atoms with Gasteiger partial charge in [0.25, 0.3) is 0 Å². The van der Waals surface area contributed by atoms with Crippen molar-refractivity contribution in [2.75, 3.05) is 29.8 Å². The van der Waals surface area contributed by atoms with Gasteiger partial charge < -0.3 is 20.5 Å². The molecule has 2 aliphatic heterocycles. The number of amidine groups is 1. The van der Waals surface area contributed by atoms with E-state index in [0.717, 1.165) is 47.8 Å². The predicted octanol–water partition coefficient (Wildman–Crippen LogP) is 4.09. The monoisotopic (exact) mass is 608 g/mol. The lowest BCUT2D eigenvalue weighted by Crippen LogP contribution is -2.37. The zero-order valence-electron chi connectivity index (χ0n) is 22.1. The zero-order valence-corrected chi connectivity index (χ0v) is 24.5. The zero-order chi connectivity index (χ0) is 26.9. The van der Waals surface area contributed by atoms with Crippen molar-refractivity contribution in [1.82, 2.24) is 5.32 Å². The number of nitrogens with zero attached hydrogens (tertiary/aromatic N) is 1. The van der Waals surface area contributed by atoms with Crippen LogP contribution in [0.5, 0.6) is 5.75 Å². The highest BCUT2D eigenvalue weighted by Gasteiger charge is 2.40. The second-order valence-corrected chi connectivity index (χ2v) is 11.5. The van der Waals surface area contributed by atoms with E-state index in [1.165, 1.54) is 4.31 Å². The van der Waals surface area contributed by atoms with Crippen LogP contribution >= 0.6 is 24.8 Å². The number of benzene rings is 3. The van der Waals surface area contributed by atoms with E-state index in [1.54, 1.807) is 25.1 Å². The molecule has 4 N–H and O–H groups in total. The molecule has 40 heavy (non-hydrogen) atoms. The predicted molar refractivity (Wildman–Crippen MR) is 162 cm³/mol. The Morgan fingerprint density at radius 2 is 1.77 bits per heavy atom. The Hall–Kier alpha value is -3.05. The maximum absolute atomic E-state index is 13.6. The molecule has 0 bridgehead atoms. The average Bonchev–Trinajstić information content (AvgIpc) is 3.28. The fourth-order valence-corrected chi connectivity index (χ4v) is 6.82. The molecule has 0 saturated carbocycles. The highest BCUT2D eigenvalue weighted by molar-refractivity contribution is 7.93. The number of halogens is 2. The van der Waals surface area contributed by atoms with E-state index in [9.17, 15) is 13.2 Å². The van der Waals surface area contributed by atoms with Crippen molar-refractivity contribution in [2.24, 2.45) is 5.73 Å². The summed E-state index contributed by atoms with van der Waals surface area (Å²) in [5.41, 5.74) is 8.44. The molecule has 1 fully saturated rings. The van der Waals surface area contributed by atoms with Gasteiger partial charge in [0.1, 0.15) is 17.7 Å². The topological polar surface area (TPSA) is 135 Å². The molecular formula is C28H34Cl2N4O5S. The van der Waals surface area contributed by atoms with Gasteiger partial charge in [0.15, 0.2) is 5.75 Å². The second-order valence-electron chi connectivity index (χ2n) is 9.67. The van der Waals surface area contributed by atoms with Gasteiger partial charge in [-0.2, -0.15) is 0 Å². The van der Waals surface area contributed by atoms with Crippen molar-refractivity contribution in [3.63, 3.8) is 0 Å². The number of carbonyl (C=O) groups excluding carboxylic acids is 1. The fraction of sp³-hybridized carbons (Fsp3) is 0.357. The van der Waals surface area contributed by atoms with Gasteiger partial charge in [-0.05, 0) is 85.1 Å². The number of nitrogens with two attached hydrogens (primary N) is 1. The molecule has 2 aliphatic rings. The number of rotatable bonds is 8. The van der Waals surface area contributed by atoms with Gasteiger partial charge in [-0.25, -0.2) is 8.42 Å². The van der Waals surface area contributed by atoms with Crippen molar-refractivity contribution in [1.29, 1.82) is 5.41 Å². The van der Waals surface area contributed by atoms with Crippen LogP contribution in [0.15, 0.2) is 54.6 Å². The minimum absolute atomic E-state index is 0. The molecule has 2 heterocycles. The van der Waals surface area contributed by atoms with E-state index in [-0.39, 0.29) is 43.4 Å². The molecule has 1 unspecified atom stereocenters.